The van der Waals surface area contributed by atoms with E-state index in [1.807, 2.05) is 0 Å². The molecule has 0 spiro atoms. The molecule has 0 heterocycles. The number of nitrogens with one attached hydrogen (secondary N) is 1. The van der Waals surface area contributed by atoms with Gasteiger partial charge in [-0.2, -0.15) is 0 Å². The monoisotopic (exact) mass is 393 g/mol. The van der Waals surface area contributed by atoms with Crippen LogP contribution in [0.15, 0.2) is 42.5 Å². The summed E-state index contributed by atoms with van der Waals surface area (Å²) in [5.74, 6) is 0. The van der Waals surface area contributed by atoms with Crippen LogP contribution in [0, 0.1) is 13.8 Å². The fourth-order valence-corrected chi connectivity index (χ4v) is 3.03. The fraction of sp³-hybridized carbons (Fsp3) is 0.222. The van der Waals surface area contributed by atoms with Gasteiger partial charge in [-0.05, 0) is 42.7 Å². The maximum absolute atomic E-state index is 4.71. The predicted octanol–water partition coefficient (Wildman–Crippen LogP) is 5.80. The van der Waals surface area contributed by atoms with Gasteiger partial charge in [-0.1, -0.05) is 51.8 Å². The number of halogens is 1. The van der Waals surface area contributed by atoms with Gasteiger partial charge in [0.1, 0.15) is 0 Å². The first-order chi connectivity index (χ1) is 10.5. The van der Waals surface area contributed by atoms with Crippen LogP contribution in [0.5, 0.6) is 0 Å². The zero-order valence-electron chi connectivity index (χ0n) is 12.7. The number of alkyl halides is 1. The molecular weight excluding hydrogens is 374 g/mol. The van der Waals surface area contributed by atoms with Crippen molar-refractivity contribution in [1.82, 2.24) is 0 Å². The van der Waals surface area contributed by atoms with Crippen molar-refractivity contribution in [3.05, 3.63) is 64.7 Å². The predicted molar refractivity (Wildman–Crippen MR) is 109 cm³/mol. The third-order valence-corrected chi connectivity index (χ3v) is 4.97. The Labute approximate surface area is 152 Å². The minimum absolute atomic E-state index is 0.893. The van der Waals surface area contributed by atoms with Crippen molar-refractivity contribution in [2.75, 3.05) is 17.2 Å². The molecule has 116 valence electrons. The van der Waals surface area contributed by atoms with Crippen LogP contribution in [0.25, 0.3) is 9.81 Å². The van der Waals surface area contributed by atoms with Crippen molar-refractivity contribution in [2.45, 2.75) is 13.8 Å². The smallest absolute Gasteiger partial charge is 0.0340 e. The summed E-state index contributed by atoms with van der Waals surface area (Å²) in [5.41, 5.74) is 5.74. The zero-order chi connectivity index (χ0) is 16.1. The molecule has 0 amide bonds. The van der Waals surface area contributed by atoms with Crippen molar-refractivity contribution < 1.29 is 0 Å². The van der Waals surface area contributed by atoms with Crippen molar-refractivity contribution in [1.29, 1.82) is 0 Å². The Balaban J connectivity index is 2.32. The van der Waals surface area contributed by atoms with Gasteiger partial charge in [0.2, 0.25) is 0 Å². The highest BCUT2D eigenvalue weighted by molar-refractivity contribution is 9.09. The third-order valence-electron chi connectivity index (χ3n) is 3.45. The second-order valence-electron chi connectivity index (χ2n) is 5.21. The van der Waals surface area contributed by atoms with E-state index >= 15 is 0 Å². The first-order valence-corrected chi connectivity index (χ1v) is 9.14. The first kappa shape index (κ1) is 17.5. The van der Waals surface area contributed by atoms with E-state index < -0.39 is 0 Å². The second kappa shape index (κ2) is 8.14. The van der Waals surface area contributed by atoms with E-state index in [-0.39, 0.29) is 0 Å². The molecule has 0 saturated heterocycles. The van der Waals surface area contributed by atoms with E-state index in [4.69, 9.17) is 12.6 Å². The van der Waals surface area contributed by atoms with Gasteiger partial charge < -0.3 is 5.32 Å². The lowest BCUT2D eigenvalue weighted by Crippen LogP contribution is -2.01. The highest BCUT2D eigenvalue weighted by Gasteiger charge is 2.08. The molecule has 2 aromatic carbocycles. The van der Waals surface area contributed by atoms with Gasteiger partial charge in [-0.3, -0.25) is 0 Å². The number of hydrogen-bond donors (Lipinski definition) is 3. The molecule has 0 saturated carbocycles. The summed E-state index contributed by atoms with van der Waals surface area (Å²) in [4.78, 5) is 1.80. The molecule has 1 N–H and O–H groups in total. The number of aryl methyl sites for hydroxylation is 2. The molecular formula is C18H20BrNS2. The van der Waals surface area contributed by atoms with Crippen LogP contribution in [-0.4, -0.2) is 11.9 Å². The Bertz CT molecular complexity index is 678. The van der Waals surface area contributed by atoms with Crippen LogP contribution in [0.2, 0.25) is 0 Å². The van der Waals surface area contributed by atoms with Gasteiger partial charge in [0, 0.05) is 27.4 Å². The van der Waals surface area contributed by atoms with Gasteiger partial charge in [0.05, 0.1) is 0 Å². The topological polar surface area (TPSA) is 12.0 Å². The summed E-state index contributed by atoms with van der Waals surface area (Å²) in [6, 6.07) is 14.7. The van der Waals surface area contributed by atoms with E-state index in [0.717, 1.165) is 38.5 Å². The average molecular weight is 394 g/mol. The maximum Gasteiger partial charge on any atom is 0.0340 e. The molecule has 0 aliphatic heterocycles. The minimum Gasteiger partial charge on any atom is -0.384 e. The molecule has 0 aromatic heterocycles. The summed E-state index contributed by atoms with van der Waals surface area (Å²) in [5, 5.41) is 4.26. The summed E-state index contributed by atoms with van der Waals surface area (Å²) < 4.78 is 0. The van der Waals surface area contributed by atoms with E-state index in [2.05, 4.69) is 90.2 Å². The van der Waals surface area contributed by atoms with Crippen LogP contribution >= 0.6 is 41.2 Å². The van der Waals surface area contributed by atoms with E-state index in [0.29, 0.717) is 0 Å². The van der Waals surface area contributed by atoms with E-state index in [1.54, 1.807) is 0 Å². The SMILES string of the molecule is Cc1ccc(C)c(/C(S)=C(/S)c2ccc(NCCBr)cc2)c1. The second-order valence-corrected chi connectivity index (χ2v) is 6.90. The lowest BCUT2D eigenvalue weighted by Gasteiger charge is -2.11. The highest BCUT2D eigenvalue weighted by atomic mass is 79.9. The third kappa shape index (κ3) is 4.34. The fourth-order valence-electron chi connectivity index (χ4n) is 2.19. The average Bonchev–Trinajstić information content (AvgIpc) is 2.54. The molecule has 0 bridgehead atoms. The minimum atomic E-state index is 0.893. The molecule has 2 aromatic rings. The largest absolute Gasteiger partial charge is 0.384 e. The van der Waals surface area contributed by atoms with Crippen molar-refractivity contribution in [3.63, 3.8) is 0 Å². The van der Waals surface area contributed by atoms with Gasteiger partial charge in [-0.15, -0.1) is 25.3 Å². The van der Waals surface area contributed by atoms with Crippen LogP contribution in [0.4, 0.5) is 5.69 Å². The van der Waals surface area contributed by atoms with Crippen LogP contribution < -0.4 is 5.32 Å². The van der Waals surface area contributed by atoms with Gasteiger partial charge in [0.15, 0.2) is 0 Å². The molecule has 22 heavy (non-hydrogen) atoms. The summed E-state index contributed by atoms with van der Waals surface area (Å²) in [6.07, 6.45) is 0. The van der Waals surface area contributed by atoms with Gasteiger partial charge in [-0.25, -0.2) is 0 Å². The first-order valence-electron chi connectivity index (χ1n) is 7.13. The number of anilines is 1. The standard InChI is InChI=1S/C18H20BrNS2/c1-12-3-4-13(2)16(11-12)18(22)17(21)14-5-7-15(8-6-14)20-10-9-19/h3-8,11,20-22H,9-10H2,1-2H3/b18-17-. The number of hydrogen-bond acceptors (Lipinski definition) is 3. The Morgan fingerprint density at radius 3 is 2.32 bits per heavy atom. The van der Waals surface area contributed by atoms with Crippen LogP contribution in [0.3, 0.4) is 0 Å². The number of benzene rings is 2. The molecule has 0 atom stereocenters. The maximum atomic E-state index is 4.71. The molecule has 0 unspecified atom stereocenters. The van der Waals surface area contributed by atoms with Crippen LogP contribution in [0.1, 0.15) is 22.3 Å². The van der Waals surface area contributed by atoms with E-state index in [9.17, 15) is 0 Å². The summed E-state index contributed by atoms with van der Waals surface area (Å²) >= 11 is 12.8. The summed E-state index contributed by atoms with van der Waals surface area (Å²) in [6.45, 7) is 5.09. The van der Waals surface area contributed by atoms with Gasteiger partial charge >= 0.3 is 0 Å². The van der Waals surface area contributed by atoms with E-state index in [1.165, 1.54) is 11.1 Å². The molecule has 0 fully saturated rings. The molecule has 1 nitrogen and oxygen atoms in total. The highest BCUT2D eigenvalue weighted by Crippen LogP contribution is 2.34. The quantitative estimate of drug-likeness (QED) is 0.331. The summed E-state index contributed by atoms with van der Waals surface area (Å²) in [7, 11) is 0. The lowest BCUT2D eigenvalue weighted by molar-refractivity contribution is 1.24. The molecule has 0 aliphatic carbocycles. The van der Waals surface area contributed by atoms with Crippen LogP contribution in [-0.2, 0) is 0 Å². The normalized spacial score (nSPS) is 12.0. The number of rotatable bonds is 5. The molecule has 4 heteroatoms. The Morgan fingerprint density at radius 1 is 1.00 bits per heavy atom. The lowest BCUT2D eigenvalue weighted by atomic mass is 10.0. The molecule has 2 rings (SSSR count). The van der Waals surface area contributed by atoms with Crippen molar-refractivity contribution in [3.8, 4) is 0 Å². The van der Waals surface area contributed by atoms with Gasteiger partial charge in [0.25, 0.3) is 0 Å². The zero-order valence-corrected chi connectivity index (χ0v) is 16.1. The van der Waals surface area contributed by atoms with Crippen molar-refractivity contribution in [2.24, 2.45) is 0 Å². The number of thiol groups is 2. The van der Waals surface area contributed by atoms with Crippen molar-refractivity contribution >= 4 is 56.7 Å². The Hall–Kier alpha value is -0.840. The Morgan fingerprint density at radius 2 is 1.68 bits per heavy atom. The molecule has 0 aliphatic rings. The molecule has 0 radical (unpaired) electrons. The Kier molecular flexibility index (Phi) is 6.48.